The fourth-order valence-corrected chi connectivity index (χ4v) is 3.33. The Morgan fingerprint density at radius 2 is 2.00 bits per heavy atom. The molecule has 1 atom stereocenters. The van der Waals surface area contributed by atoms with Gasteiger partial charge >= 0.3 is 0 Å². The maximum atomic E-state index is 12.9. The average Bonchev–Trinajstić information content (AvgIpc) is 2.65. The Morgan fingerprint density at radius 1 is 1.33 bits per heavy atom. The van der Waals surface area contributed by atoms with E-state index in [1.54, 1.807) is 18.1 Å². The minimum absolute atomic E-state index is 0.133. The quantitative estimate of drug-likeness (QED) is 0.511. The molecule has 27 heavy (non-hydrogen) atoms. The van der Waals surface area contributed by atoms with E-state index in [-0.39, 0.29) is 29.9 Å². The van der Waals surface area contributed by atoms with Gasteiger partial charge < -0.3 is 23.8 Å². The van der Waals surface area contributed by atoms with Crippen LogP contribution in [0.4, 0.5) is 0 Å². The molecule has 0 N–H and O–H groups in total. The van der Waals surface area contributed by atoms with Gasteiger partial charge in [-0.05, 0) is 33.8 Å². The van der Waals surface area contributed by atoms with Crippen LogP contribution in [0.25, 0.3) is 0 Å². The summed E-state index contributed by atoms with van der Waals surface area (Å²) >= 11 is 0. The van der Waals surface area contributed by atoms with E-state index in [9.17, 15) is 9.59 Å². The summed E-state index contributed by atoms with van der Waals surface area (Å²) in [5.41, 5.74) is 0.555. The molecule has 0 spiro atoms. The van der Waals surface area contributed by atoms with Crippen LogP contribution >= 0.6 is 0 Å². The lowest BCUT2D eigenvalue weighted by atomic mass is 9.87. The molecule has 0 radical (unpaired) electrons. The summed E-state index contributed by atoms with van der Waals surface area (Å²) in [6.45, 7) is 8.79. The Hall–Kier alpha value is -2.12. The number of ether oxygens (including phenoxy) is 4. The largest absolute Gasteiger partial charge is 0.496 e. The van der Waals surface area contributed by atoms with Gasteiger partial charge in [-0.1, -0.05) is 0 Å². The number of hydrogen-bond donors (Lipinski definition) is 0. The highest BCUT2D eigenvalue weighted by Crippen LogP contribution is 2.43. The lowest BCUT2D eigenvalue weighted by Crippen LogP contribution is -2.48. The molecule has 1 aliphatic heterocycles. The molecule has 0 saturated heterocycles. The van der Waals surface area contributed by atoms with Crippen LogP contribution in [0.3, 0.4) is 0 Å². The van der Waals surface area contributed by atoms with Crippen molar-refractivity contribution < 1.29 is 28.5 Å². The van der Waals surface area contributed by atoms with Crippen molar-refractivity contribution in [1.29, 1.82) is 0 Å². The van der Waals surface area contributed by atoms with E-state index < -0.39 is 5.60 Å². The molecule has 0 aromatic heterocycles. The SMILES string of the molecule is CCN(CC)C(=O)c1cc(OC)c2c(c1C=O)OC(C)(C)C(OCOC)C2. The minimum Gasteiger partial charge on any atom is -0.496 e. The summed E-state index contributed by atoms with van der Waals surface area (Å²) in [6, 6.07) is 1.62. The van der Waals surface area contributed by atoms with Gasteiger partial charge in [0.1, 0.15) is 30.0 Å². The van der Waals surface area contributed by atoms with Gasteiger partial charge in [0.05, 0.1) is 18.2 Å². The molecule has 1 aliphatic rings. The van der Waals surface area contributed by atoms with Gasteiger partial charge in [-0.3, -0.25) is 9.59 Å². The Kier molecular flexibility index (Phi) is 6.84. The summed E-state index contributed by atoms with van der Waals surface area (Å²) in [7, 11) is 3.09. The predicted octanol–water partition coefficient (Wildman–Crippen LogP) is 2.69. The maximum Gasteiger partial charge on any atom is 0.254 e. The first-order chi connectivity index (χ1) is 12.8. The maximum absolute atomic E-state index is 12.9. The Bertz CT molecular complexity index is 696. The van der Waals surface area contributed by atoms with Gasteiger partial charge in [0.2, 0.25) is 0 Å². The monoisotopic (exact) mass is 379 g/mol. The first-order valence-corrected chi connectivity index (χ1v) is 9.12. The number of fused-ring (bicyclic) bond motifs is 1. The first kappa shape index (κ1) is 21.2. The summed E-state index contributed by atoms with van der Waals surface area (Å²) in [6.07, 6.45) is 0.874. The van der Waals surface area contributed by atoms with E-state index in [4.69, 9.17) is 18.9 Å². The number of hydrogen-bond acceptors (Lipinski definition) is 6. The van der Waals surface area contributed by atoms with Crippen molar-refractivity contribution in [2.75, 3.05) is 34.1 Å². The van der Waals surface area contributed by atoms with Gasteiger partial charge in [-0.2, -0.15) is 0 Å². The zero-order valence-electron chi connectivity index (χ0n) is 17.0. The smallest absolute Gasteiger partial charge is 0.254 e. The number of carbonyl (C=O) groups excluding carboxylic acids is 2. The number of amides is 1. The highest BCUT2D eigenvalue weighted by Gasteiger charge is 2.41. The average molecular weight is 379 g/mol. The van der Waals surface area contributed by atoms with Crippen molar-refractivity contribution in [3.63, 3.8) is 0 Å². The van der Waals surface area contributed by atoms with E-state index in [1.807, 2.05) is 27.7 Å². The number of benzene rings is 1. The summed E-state index contributed by atoms with van der Waals surface area (Å²) in [5.74, 6) is 0.678. The molecule has 0 saturated carbocycles. The molecular formula is C20H29NO6. The van der Waals surface area contributed by atoms with Gasteiger partial charge in [0, 0.05) is 32.2 Å². The number of aldehydes is 1. The molecule has 0 aliphatic carbocycles. The lowest BCUT2D eigenvalue weighted by Gasteiger charge is -2.40. The van der Waals surface area contributed by atoms with Gasteiger partial charge in [-0.15, -0.1) is 0 Å². The molecule has 7 heteroatoms. The van der Waals surface area contributed by atoms with Crippen LogP contribution in [0.5, 0.6) is 11.5 Å². The van der Waals surface area contributed by atoms with Crippen LogP contribution < -0.4 is 9.47 Å². The molecule has 0 bridgehead atoms. The van der Waals surface area contributed by atoms with Crippen molar-refractivity contribution in [2.24, 2.45) is 0 Å². The highest BCUT2D eigenvalue weighted by molar-refractivity contribution is 6.04. The van der Waals surface area contributed by atoms with Crippen LogP contribution in [0, 0.1) is 0 Å². The highest BCUT2D eigenvalue weighted by atomic mass is 16.7. The zero-order chi connectivity index (χ0) is 20.2. The topological polar surface area (TPSA) is 74.3 Å². The summed E-state index contributed by atoms with van der Waals surface area (Å²) in [5, 5.41) is 0. The molecule has 1 aromatic carbocycles. The van der Waals surface area contributed by atoms with Crippen molar-refractivity contribution in [3.8, 4) is 11.5 Å². The van der Waals surface area contributed by atoms with Crippen molar-refractivity contribution in [2.45, 2.75) is 45.8 Å². The van der Waals surface area contributed by atoms with Crippen molar-refractivity contribution in [3.05, 3.63) is 22.8 Å². The van der Waals surface area contributed by atoms with Crippen molar-refractivity contribution >= 4 is 12.2 Å². The van der Waals surface area contributed by atoms with Crippen LogP contribution in [0.1, 0.15) is 54.0 Å². The second-order valence-electron chi connectivity index (χ2n) is 6.91. The molecular weight excluding hydrogens is 350 g/mol. The van der Waals surface area contributed by atoms with E-state index in [0.29, 0.717) is 37.3 Å². The number of nitrogens with zero attached hydrogens (tertiary/aromatic N) is 1. The van der Waals surface area contributed by atoms with E-state index in [1.165, 1.54) is 7.11 Å². The van der Waals surface area contributed by atoms with Crippen LogP contribution in [-0.2, 0) is 15.9 Å². The molecule has 2 rings (SSSR count). The minimum atomic E-state index is -0.703. The first-order valence-electron chi connectivity index (χ1n) is 9.12. The summed E-state index contributed by atoms with van der Waals surface area (Å²) < 4.78 is 22.5. The lowest BCUT2D eigenvalue weighted by molar-refractivity contribution is -0.139. The second-order valence-corrected chi connectivity index (χ2v) is 6.91. The van der Waals surface area contributed by atoms with Crippen LogP contribution in [0.2, 0.25) is 0 Å². The Labute approximate surface area is 160 Å². The predicted molar refractivity (Wildman–Crippen MR) is 101 cm³/mol. The van der Waals surface area contributed by atoms with Crippen LogP contribution in [0.15, 0.2) is 6.07 Å². The molecule has 1 amide bonds. The molecule has 150 valence electrons. The van der Waals surface area contributed by atoms with Gasteiger partial charge in [0.25, 0.3) is 5.91 Å². The van der Waals surface area contributed by atoms with Gasteiger partial charge in [0.15, 0.2) is 6.29 Å². The van der Waals surface area contributed by atoms with Crippen LogP contribution in [-0.4, -0.2) is 62.9 Å². The molecule has 0 fully saturated rings. The fourth-order valence-electron chi connectivity index (χ4n) is 3.33. The molecule has 1 unspecified atom stereocenters. The number of carbonyl (C=O) groups is 2. The Balaban J connectivity index is 2.59. The number of rotatable bonds is 8. The van der Waals surface area contributed by atoms with Crippen molar-refractivity contribution in [1.82, 2.24) is 4.90 Å². The molecule has 7 nitrogen and oxygen atoms in total. The normalized spacial score (nSPS) is 17.6. The Morgan fingerprint density at radius 3 is 2.52 bits per heavy atom. The van der Waals surface area contributed by atoms with E-state index in [0.717, 1.165) is 5.56 Å². The fraction of sp³-hybridized carbons (Fsp3) is 0.600. The molecule has 1 heterocycles. The second kappa shape index (κ2) is 8.71. The molecule has 1 aromatic rings. The van der Waals surface area contributed by atoms with Gasteiger partial charge in [-0.25, -0.2) is 0 Å². The van der Waals surface area contributed by atoms with E-state index >= 15 is 0 Å². The standard InChI is InChI=1S/C20H29NO6/c1-7-21(8-2)19(23)13-9-16(25-6)14-10-17(26-12-24-5)20(3,4)27-18(14)15(13)11-22/h9,11,17H,7-8,10,12H2,1-6H3. The van der Waals surface area contributed by atoms with E-state index in [2.05, 4.69) is 0 Å². The third kappa shape index (κ3) is 4.09. The third-order valence-corrected chi connectivity index (χ3v) is 4.92. The third-order valence-electron chi connectivity index (χ3n) is 4.92. The summed E-state index contributed by atoms with van der Waals surface area (Å²) in [4.78, 5) is 26.5. The number of methoxy groups -OCH3 is 2. The zero-order valence-corrected chi connectivity index (χ0v) is 17.0.